The molecule has 1 fully saturated rings. The molecule has 24 heavy (non-hydrogen) atoms. The Morgan fingerprint density at radius 1 is 1.42 bits per heavy atom. The highest BCUT2D eigenvalue weighted by Crippen LogP contribution is 2.29. The molecular weight excluding hydrogens is 353 g/mol. The Balaban J connectivity index is 1.82. The third kappa shape index (κ3) is 3.52. The zero-order valence-electron chi connectivity index (χ0n) is 13.1. The lowest BCUT2D eigenvalue weighted by atomic mass is 10.0. The first kappa shape index (κ1) is 17.1. The first-order valence-electron chi connectivity index (χ1n) is 7.68. The van der Waals surface area contributed by atoms with Gasteiger partial charge in [-0.3, -0.25) is 9.10 Å². The number of anilines is 1. The van der Waals surface area contributed by atoms with Crippen molar-refractivity contribution in [1.29, 1.82) is 0 Å². The van der Waals surface area contributed by atoms with Crippen LogP contribution < -0.4 is 5.32 Å². The molecule has 1 atom stereocenters. The average Bonchev–Trinajstić information content (AvgIpc) is 3.08. The van der Waals surface area contributed by atoms with Gasteiger partial charge in [0.25, 0.3) is 5.91 Å². The van der Waals surface area contributed by atoms with Crippen LogP contribution in [0.15, 0.2) is 34.4 Å². The SMILES string of the molecule is CN1C(C(=O)Nc2ccc(F)c(Cl)c2)=CC(C2CCCC2)=NS1=O. The Hall–Kier alpha value is -1.73. The van der Waals surface area contributed by atoms with Crippen LogP contribution in [0.3, 0.4) is 0 Å². The van der Waals surface area contributed by atoms with Crippen molar-refractivity contribution in [3.8, 4) is 0 Å². The molecule has 0 radical (unpaired) electrons. The fourth-order valence-electron chi connectivity index (χ4n) is 2.88. The lowest BCUT2D eigenvalue weighted by Crippen LogP contribution is -2.33. The van der Waals surface area contributed by atoms with Gasteiger partial charge in [0.15, 0.2) is 0 Å². The predicted molar refractivity (Wildman–Crippen MR) is 93.4 cm³/mol. The van der Waals surface area contributed by atoms with Gasteiger partial charge >= 0.3 is 0 Å². The minimum atomic E-state index is -1.62. The summed E-state index contributed by atoms with van der Waals surface area (Å²) in [4.78, 5) is 12.5. The lowest BCUT2D eigenvalue weighted by molar-refractivity contribution is -0.113. The summed E-state index contributed by atoms with van der Waals surface area (Å²) in [5.74, 6) is -0.731. The molecule has 1 N–H and O–H groups in total. The molecule has 1 heterocycles. The molecule has 1 unspecified atom stereocenters. The summed E-state index contributed by atoms with van der Waals surface area (Å²) in [6.45, 7) is 0. The Labute approximate surface area is 147 Å². The number of allylic oxidation sites excluding steroid dienone is 1. The van der Waals surface area contributed by atoms with E-state index < -0.39 is 22.9 Å². The van der Waals surface area contributed by atoms with Gasteiger partial charge in [-0.2, -0.15) is 4.40 Å². The maximum atomic E-state index is 13.2. The maximum Gasteiger partial charge on any atom is 0.272 e. The van der Waals surface area contributed by atoms with Crippen molar-refractivity contribution in [2.45, 2.75) is 25.7 Å². The summed E-state index contributed by atoms with van der Waals surface area (Å²) in [6, 6.07) is 3.94. The van der Waals surface area contributed by atoms with Crippen LogP contribution in [-0.2, 0) is 16.0 Å². The van der Waals surface area contributed by atoms with Crippen LogP contribution in [0.5, 0.6) is 0 Å². The van der Waals surface area contributed by atoms with Gasteiger partial charge in [-0.25, -0.2) is 8.60 Å². The highest BCUT2D eigenvalue weighted by Gasteiger charge is 2.29. The van der Waals surface area contributed by atoms with Crippen LogP contribution in [0.4, 0.5) is 10.1 Å². The second-order valence-electron chi connectivity index (χ2n) is 5.84. The monoisotopic (exact) mass is 369 g/mol. The quantitative estimate of drug-likeness (QED) is 0.886. The van der Waals surface area contributed by atoms with Gasteiger partial charge in [-0.05, 0) is 37.1 Å². The number of carbonyl (C=O) groups excluding carboxylic acids is 1. The Kier molecular flexibility index (Phi) is 5.01. The van der Waals surface area contributed by atoms with E-state index in [1.807, 2.05) is 0 Å². The van der Waals surface area contributed by atoms with Crippen molar-refractivity contribution < 1.29 is 13.4 Å². The van der Waals surface area contributed by atoms with Crippen LogP contribution in [0, 0.1) is 11.7 Å². The van der Waals surface area contributed by atoms with Gasteiger partial charge in [0.1, 0.15) is 11.5 Å². The van der Waals surface area contributed by atoms with Gasteiger partial charge in [0.05, 0.1) is 10.7 Å². The van der Waals surface area contributed by atoms with E-state index in [9.17, 15) is 13.4 Å². The molecule has 0 aromatic heterocycles. The molecule has 2 aliphatic rings. The minimum Gasteiger partial charge on any atom is -0.321 e. The third-order valence-corrected chi connectivity index (χ3v) is 5.55. The number of nitrogens with one attached hydrogen (secondary N) is 1. The maximum absolute atomic E-state index is 13.2. The van der Waals surface area contributed by atoms with Crippen molar-refractivity contribution in [2.24, 2.45) is 10.3 Å². The van der Waals surface area contributed by atoms with Gasteiger partial charge in [-0.15, -0.1) is 0 Å². The number of rotatable bonds is 3. The molecule has 3 rings (SSSR count). The Morgan fingerprint density at radius 2 is 2.12 bits per heavy atom. The molecule has 1 aromatic rings. The second-order valence-corrected chi connectivity index (χ2v) is 7.44. The highest BCUT2D eigenvalue weighted by molar-refractivity contribution is 7.81. The summed E-state index contributed by atoms with van der Waals surface area (Å²) < 4.78 is 30.9. The molecule has 128 valence electrons. The second kappa shape index (κ2) is 7.03. The largest absolute Gasteiger partial charge is 0.321 e. The zero-order chi connectivity index (χ0) is 17.3. The molecule has 1 aliphatic carbocycles. The molecule has 1 aromatic carbocycles. The van der Waals surface area contributed by atoms with Crippen LogP contribution in [0.1, 0.15) is 25.7 Å². The summed E-state index contributed by atoms with van der Waals surface area (Å²) in [6.07, 6.45) is 5.93. The fraction of sp³-hybridized carbons (Fsp3) is 0.375. The number of halogens is 2. The van der Waals surface area contributed by atoms with Crippen molar-refractivity contribution in [1.82, 2.24) is 4.31 Å². The van der Waals surface area contributed by atoms with Crippen LogP contribution in [0.2, 0.25) is 5.02 Å². The number of nitrogens with zero attached hydrogens (tertiary/aromatic N) is 2. The number of hydrogen-bond acceptors (Lipinski definition) is 2. The van der Waals surface area contributed by atoms with Crippen molar-refractivity contribution >= 4 is 40.1 Å². The Bertz CT molecular complexity index is 760. The number of hydrogen-bond donors (Lipinski definition) is 1. The van der Waals surface area contributed by atoms with Gasteiger partial charge in [0, 0.05) is 18.7 Å². The molecule has 0 bridgehead atoms. The molecule has 0 spiro atoms. The normalized spacial score (nSPS) is 21.5. The third-order valence-electron chi connectivity index (χ3n) is 4.23. The first-order chi connectivity index (χ1) is 11.5. The molecule has 1 aliphatic heterocycles. The molecule has 1 saturated carbocycles. The molecular formula is C16H17ClFN3O2S. The Morgan fingerprint density at radius 3 is 2.79 bits per heavy atom. The van der Waals surface area contributed by atoms with Crippen LogP contribution >= 0.6 is 11.6 Å². The lowest BCUT2D eigenvalue weighted by Gasteiger charge is -2.24. The van der Waals surface area contributed by atoms with E-state index in [0.29, 0.717) is 11.4 Å². The van der Waals surface area contributed by atoms with Crippen molar-refractivity contribution in [2.75, 3.05) is 12.4 Å². The molecule has 5 nitrogen and oxygen atoms in total. The van der Waals surface area contributed by atoms with E-state index >= 15 is 0 Å². The predicted octanol–water partition coefficient (Wildman–Crippen LogP) is 3.46. The number of amides is 1. The van der Waals surface area contributed by atoms with E-state index in [1.165, 1.54) is 22.5 Å². The van der Waals surface area contributed by atoms with Gasteiger partial charge < -0.3 is 5.32 Å². The van der Waals surface area contributed by atoms with E-state index in [0.717, 1.165) is 25.7 Å². The molecule has 0 saturated heterocycles. The zero-order valence-corrected chi connectivity index (χ0v) is 14.7. The van der Waals surface area contributed by atoms with Crippen LogP contribution in [-0.4, -0.2) is 27.2 Å². The minimum absolute atomic E-state index is 0.0736. The topological polar surface area (TPSA) is 61.8 Å². The van der Waals surface area contributed by atoms with Crippen LogP contribution in [0.25, 0.3) is 0 Å². The number of likely N-dealkylation sites (N-methyl/N-ethyl adjacent to an activating group) is 1. The standard InChI is InChI=1S/C16H17ClFN3O2S/c1-21-15(9-14(20-24(21)23)10-4-2-3-5-10)16(22)19-11-6-7-13(18)12(17)8-11/h6-10H,2-5H2,1H3,(H,19,22). The van der Waals surface area contributed by atoms with E-state index in [-0.39, 0.29) is 16.6 Å². The van der Waals surface area contributed by atoms with Crippen molar-refractivity contribution in [3.63, 3.8) is 0 Å². The fourth-order valence-corrected chi connectivity index (χ4v) is 3.87. The summed E-state index contributed by atoms with van der Waals surface area (Å²) in [5.41, 5.74) is 1.35. The van der Waals surface area contributed by atoms with E-state index in [4.69, 9.17) is 11.6 Å². The average molecular weight is 370 g/mol. The molecule has 8 heteroatoms. The first-order valence-corrected chi connectivity index (χ1v) is 9.12. The van der Waals surface area contributed by atoms with Crippen molar-refractivity contribution in [3.05, 3.63) is 40.8 Å². The number of benzene rings is 1. The highest BCUT2D eigenvalue weighted by atomic mass is 35.5. The van der Waals surface area contributed by atoms with Gasteiger partial charge in [0.2, 0.25) is 11.2 Å². The molecule has 1 amide bonds. The van der Waals surface area contributed by atoms with E-state index in [2.05, 4.69) is 9.71 Å². The number of carbonyl (C=O) groups is 1. The smallest absolute Gasteiger partial charge is 0.272 e. The van der Waals surface area contributed by atoms with Gasteiger partial charge in [-0.1, -0.05) is 24.4 Å². The summed E-state index contributed by atoms with van der Waals surface area (Å²) >= 11 is 4.10. The summed E-state index contributed by atoms with van der Waals surface area (Å²) in [5, 5.41) is 2.58. The summed E-state index contributed by atoms with van der Waals surface area (Å²) in [7, 11) is 1.55. The van der Waals surface area contributed by atoms with E-state index in [1.54, 1.807) is 13.1 Å².